The topological polar surface area (TPSA) is 77.5 Å². The Morgan fingerprint density at radius 1 is 1.41 bits per heavy atom. The smallest absolute Gasteiger partial charge is 0.319 e. The highest BCUT2D eigenvalue weighted by atomic mass is 16.3. The van der Waals surface area contributed by atoms with Crippen molar-refractivity contribution in [3.8, 4) is 0 Å². The summed E-state index contributed by atoms with van der Waals surface area (Å²) in [5.41, 5.74) is -0.279. The normalized spacial score (nSPS) is 13.6. The van der Waals surface area contributed by atoms with Gasteiger partial charge in [0.1, 0.15) is 5.82 Å². The molecule has 0 saturated heterocycles. The third-order valence-corrected chi connectivity index (χ3v) is 3.35. The quantitative estimate of drug-likeness (QED) is 0.723. The molecule has 1 heterocycles. The first-order valence-electron chi connectivity index (χ1n) is 7.60. The van der Waals surface area contributed by atoms with E-state index >= 15 is 0 Å². The molecular weight excluding hydrogens is 280 g/mol. The van der Waals surface area contributed by atoms with Crippen LogP contribution in [0.15, 0.2) is 18.3 Å². The van der Waals surface area contributed by atoms with Crippen LogP contribution in [0.3, 0.4) is 0 Å². The summed E-state index contributed by atoms with van der Waals surface area (Å²) in [4.78, 5) is 18.0. The first-order valence-corrected chi connectivity index (χ1v) is 7.60. The number of urea groups is 1. The maximum atomic E-state index is 11.8. The van der Waals surface area contributed by atoms with E-state index in [-0.39, 0.29) is 12.6 Å². The van der Waals surface area contributed by atoms with Crippen molar-refractivity contribution in [1.29, 1.82) is 0 Å². The van der Waals surface area contributed by atoms with Crippen molar-refractivity contribution < 1.29 is 9.90 Å². The highest BCUT2D eigenvalue weighted by molar-refractivity contribution is 5.89. The second-order valence-corrected chi connectivity index (χ2v) is 6.54. The Morgan fingerprint density at radius 3 is 2.59 bits per heavy atom. The van der Waals surface area contributed by atoms with E-state index in [0.29, 0.717) is 18.0 Å². The van der Waals surface area contributed by atoms with Crippen LogP contribution in [0, 0.1) is 5.92 Å². The molecule has 1 atom stereocenters. The Morgan fingerprint density at radius 2 is 2.09 bits per heavy atom. The summed E-state index contributed by atoms with van der Waals surface area (Å²) in [5, 5.41) is 15.6. The van der Waals surface area contributed by atoms with Crippen molar-refractivity contribution in [1.82, 2.24) is 10.3 Å². The van der Waals surface area contributed by atoms with Gasteiger partial charge in [-0.1, -0.05) is 13.8 Å². The number of nitrogens with zero attached hydrogens (tertiary/aromatic N) is 2. The minimum absolute atomic E-state index is 0.217. The van der Waals surface area contributed by atoms with Gasteiger partial charge in [-0.05, 0) is 37.8 Å². The molecule has 0 aliphatic heterocycles. The molecular formula is C16H28N4O2. The van der Waals surface area contributed by atoms with Crippen molar-refractivity contribution in [2.75, 3.05) is 30.9 Å². The lowest BCUT2D eigenvalue weighted by molar-refractivity contribution is 0.0481. The molecule has 0 fully saturated rings. The van der Waals surface area contributed by atoms with E-state index in [4.69, 9.17) is 0 Å². The number of hydrogen-bond donors (Lipinski definition) is 3. The molecule has 22 heavy (non-hydrogen) atoms. The van der Waals surface area contributed by atoms with Crippen LogP contribution in [0.25, 0.3) is 0 Å². The average molecular weight is 308 g/mol. The summed E-state index contributed by atoms with van der Waals surface area (Å²) in [6, 6.07) is 3.27. The van der Waals surface area contributed by atoms with Gasteiger partial charge in [0.15, 0.2) is 0 Å². The molecule has 2 amide bonds. The van der Waals surface area contributed by atoms with E-state index in [9.17, 15) is 9.90 Å². The van der Waals surface area contributed by atoms with Gasteiger partial charge < -0.3 is 20.6 Å². The monoisotopic (exact) mass is 308 g/mol. The zero-order valence-electron chi connectivity index (χ0n) is 14.2. The summed E-state index contributed by atoms with van der Waals surface area (Å²) in [7, 11) is 3.81. The Balaban J connectivity index is 2.42. The number of rotatable bonds is 7. The molecule has 1 aromatic heterocycles. The number of amides is 2. The fourth-order valence-electron chi connectivity index (χ4n) is 1.86. The van der Waals surface area contributed by atoms with Crippen LogP contribution in [-0.4, -0.2) is 42.4 Å². The van der Waals surface area contributed by atoms with E-state index in [1.807, 2.05) is 25.1 Å². The van der Waals surface area contributed by atoms with Crippen LogP contribution in [0.2, 0.25) is 0 Å². The van der Waals surface area contributed by atoms with Crippen LogP contribution in [0.4, 0.5) is 16.3 Å². The standard InChI is InChI=1S/C16H28N4O2/c1-12(2)8-9-16(3,22)11-18-15(21)19-13-6-7-14(17-10-13)20(4)5/h6-7,10,12,22H,8-9,11H2,1-5H3,(H2,18,19,21). The Labute approximate surface area is 132 Å². The lowest BCUT2D eigenvalue weighted by Gasteiger charge is -2.24. The summed E-state index contributed by atoms with van der Waals surface area (Å²) in [6.07, 6.45) is 3.18. The molecule has 0 bridgehead atoms. The predicted octanol–water partition coefficient (Wildman–Crippen LogP) is 2.46. The van der Waals surface area contributed by atoms with E-state index in [1.165, 1.54) is 0 Å². The Kier molecular flexibility index (Phi) is 6.61. The maximum absolute atomic E-state index is 11.8. The molecule has 0 aliphatic carbocycles. The van der Waals surface area contributed by atoms with Crippen LogP contribution in [-0.2, 0) is 0 Å². The van der Waals surface area contributed by atoms with Gasteiger partial charge in [0.05, 0.1) is 17.5 Å². The van der Waals surface area contributed by atoms with Crippen LogP contribution < -0.4 is 15.5 Å². The van der Waals surface area contributed by atoms with Gasteiger partial charge in [0.25, 0.3) is 0 Å². The Bertz CT molecular complexity index is 470. The van der Waals surface area contributed by atoms with E-state index in [1.54, 1.807) is 19.2 Å². The third-order valence-electron chi connectivity index (χ3n) is 3.35. The highest BCUT2D eigenvalue weighted by Crippen LogP contribution is 2.16. The molecule has 1 aromatic rings. The van der Waals surface area contributed by atoms with E-state index < -0.39 is 5.60 Å². The lowest BCUT2D eigenvalue weighted by atomic mass is 9.95. The highest BCUT2D eigenvalue weighted by Gasteiger charge is 2.21. The number of hydrogen-bond acceptors (Lipinski definition) is 4. The van der Waals surface area contributed by atoms with Gasteiger partial charge in [-0.2, -0.15) is 0 Å². The molecule has 6 nitrogen and oxygen atoms in total. The van der Waals surface area contributed by atoms with E-state index in [0.717, 1.165) is 12.2 Å². The molecule has 3 N–H and O–H groups in total. The first-order chi connectivity index (χ1) is 10.2. The van der Waals surface area contributed by atoms with Crippen LogP contribution in [0.1, 0.15) is 33.6 Å². The van der Waals surface area contributed by atoms with Crippen LogP contribution >= 0.6 is 0 Å². The molecule has 0 radical (unpaired) electrons. The first kappa shape index (κ1) is 18.2. The van der Waals surface area contributed by atoms with Crippen molar-refractivity contribution >= 4 is 17.5 Å². The van der Waals surface area contributed by atoms with Gasteiger partial charge in [0, 0.05) is 20.6 Å². The van der Waals surface area contributed by atoms with Gasteiger partial charge in [-0.15, -0.1) is 0 Å². The molecule has 124 valence electrons. The van der Waals surface area contributed by atoms with Gasteiger partial charge in [0.2, 0.25) is 0 Å². The summed E-state index contributed by atoms with van der Waals surface area (Å²) < 4.78 is 0. The van der Waals surface area contributed by atoms with Crippen molar-refractivity contribution in [3.63, 3.8) is 0 Å². The second-order valence-electron chi connectivity index (χ2n) is 6.54. The summed E-state index contributed by atoms with van der Waals surface area (Å²) in [5.74, 6) is 1.35. The second kappa shape index (κ2) is 7.98. The Hall–Kier alpha value is -1.82. The molecule has 6 heteroatoms. The SMILES string of the molecule is CC(C)CCC(C)(O)CNC(=O)Nc1ccc(N(C)C)nc1. The lowest BCUT2D eigenvalue weighted by Crippen LogP contribution is -2.42. The fraction of sp³-hybridized carbons (Fsp3) is 0.625. The van der Waals surface area contributed by atoms with Crippen LogP contribution in [0.5, 0.6) is 0 Å². The number of aromatic nitrogens is 1. The van der Waals surface area contributed by atoms with Crippen molar-refractivity contribution in [3.05, 3.63) is 18.3 Å². The molecule has 0 saturated carbocycles. The molecule has 0 aliphatic rings. The number of carbonyl (C=O) groups excluding carboxylic acids is 1. The number of pyridine rings is 1. The predicted molar refractivity (Wildman–Crippen MR) is 90.3 cm³/mol. The third kappa shape index (κ3) is 6.76. The molecule has 0 spiro atoms. The largest absolute Gasteiger partial charge is 0.388 e. The van der Waals surface area contributed by atoms with Crippen molar-refractivity contribution in [2.45, 2.75) is 39.2 Å². The number of aliphatic hydroxyl groups is 1. The van der Waals surface area contributed by atoms with E-state index in [2.05, 4.69) is 29.5 Å². The zero-order valence-corrected chi connectivity index (χ0v) is 14.2. The minimum atomic E-state index is -0.894. The molecule has 0 aromatic carbocycles. The molecule has 1 rings (SSSR count). The van der Waals surface area contributed by atoms with Gasteiger partial charge in [-0.3, -0.25) is 0 Å². The number of carbonyl (C=O) groups is 1. The molecule has 1 unspecified atom stereocenters. The van der Waals surface area contributed by atoms with Gasteiger partial charge in [-0.25, -0.2) is 9.78 Å². The average Bonchev–Trinajstić information content (AvgIpc) is 2.44. The van der Waals surface area contributed by atoms with Crippen molar-refractivity contribution in [2.24, 2.45) is 5.92 Å². The maximum Gasteiger partial charge on any atom is 0.319 e. The van der Waals surface area contributed by atoms with Gasteiger partial charge >= 0.3 is 6.03 Å². The fourth-order valence-corrected chi connectivity index (χ4v) is 1.86. The zero-order chi connectivity index (χ0) is 16.8. The number of nitrogens with one attached hydrogen (secondary N) is 2. The summed E-state index contributed by atoms with van der Waals surface area (Å²) in [6.45, 7) is 6.18. The summed E-state index contributed by atoms with van der Waals surface area (Å²) >= 11 is 0. The number of anilines is 2. The minimum Gasteiger partial charge on any atom is -0.388 e.